The lowest BCUT2D eigenvalue weighted by Gasteiger charge is -2.31. The summed E-state index contributed by atoms with van der Waals surface area (Å²) in [5.41, 5.74) is 8.55. The van der Waals surface area contributed by atoms with Crippen LogP contribution in [0.3, 0.4) is 0 Å². The van der Waals surface area contributed by atoms with E-state index in [0.717, 1.165) is 50.8 Å². The zero-order chi connectivity index (χ0) is 16.5. The molecule has 0 spiro atoms. The molecule has 0 radical (unpaired) electrons. The number of morpholine rings is 1. The van der Waals surface area contributed by atoms with E-state index in [1.165, 1.54) is 35.4 Å². The number of hydrogen-bond donors (Lipinski definition) is 1. The highest BCUT2D eigenvalue weighted by atomic mass is 16.5. The lowest BCUT2D eigenvalue weighted by molar-refractivity contribution is 0.122. The van der Waals surface area contributed by atoms with Crippen LogP contribution in [0.25, 0.3) is 0 Å². The fourth-order valence-corrected chi connectivity index (χ4v) is 3.70. The molecule has 2 aromatic rings. The molecule has 4 rings (SSSR count). The Kier molecular flexibility index (Phi) is 4.14. The number of fused-ring (bicyclic) bond motifs is 1. The number of nitrogens with one attached hydrogen (secondary N) is 1. The van der Waals surface area contributed by atoms with Crippen LogP contribution in [0.15, 0.2) is 12.1 Å². The molecule has 1 aliphatic carbocycles. The van der Waals surface area contributed by atoms with Gasteiger partial charge in [-0.25, -0.2) is 0 Å². The van der Waals surface area contributed by atoms with Gasteiger partial charge in [0.2, 0.25) is 0 Å². The summed E-state index contributed by atoms with van der Waals surface area (Å²) in [6.07, 6.45) is 4.62. The van der Waals surface area contributed by atoms with E-state index in [-0.39, 0.29) is 0 Å². The summed E-state index contributed by atoms with van der Waals surface area (Å²) in [5, 5.41) is 9.16. The van der Waals surface area contributed by atoms with Crippen molar-refractivity contribution in [2.45, 2.75) is 39.5 Å². The van der Waals surface area contributed by atoms with Crippen LogP contribution in [0.4, 0.5) is 11.6 Å². The van der Waals surface area contributed by atoms with Crippen molar-refractivity contribution in [3.8, 4) is 0 Å². The molecule has 6 heteroatoms. The maximum Gasteiger partial charge on any atom is 0.171 e. The van der Waals surface area contributed by atoms with Crippen molar-refractivity contribution in [3.05, 3.63) is 34.6 Å². The van der Waals surface area contributed by atoms with Crippen LogP contribution in [0.5, 0.6) is 0 Å². The Morgan fingerprint density at radius 2 is 1.62 bits per heavy atom. The predicted octanol–water partition coefficient (Wildman–Crippen LogP) is 2.49. The van der Waals surface area contributed by atoms with Gasteiger partial charge in [-0.2, -0.15) is 0 Å². The van der Waals surface area contributed by atoms with Gasteiger partial charge >= 0.3 is 0 Å². The van der Waals surface area contributed by atoms with E-state index in [9.17, 15) is 0 Å². The second-order valence-corrected chi connectivity index (χ2v) is 6.70. The highest BCUT2D eigenvalue weighted by Crippen LogP contribution is 2.32. The van der Waals surface area contributed by atoms with Crippen LogP contribution in [0, 0.1) is 13.8 Å². The minimum Gasteiger partial charge on any atom is -0.378 e. The fourth-order valence-electron chi connectivity index (χ4n) is 3.70. The Morgan fingerprint density at radius 1 is 0.958 bits per heavy atom. The average Bonchev–Trinajstić information content (AvgIpc) is 2.94. The van der Waals surface area contributed by atoms with Gasteiger partial charge in [-0.15, -0.1) is 10.2 Å². The number of ether oxygens (including phenoxy) is 1. The third-order valence-electron chi connectivity index (χ3n) is 5.07. The van der Waals surface area contributed by atoms with E-state index in [4.69, 9.17) is 4.74 Å². The van der Waals surface area contributed by atoms with Gasteiger partial charge in [0.15, 0.2) is 11.6 Å². The molecular weight excluding hydrogens is 302 g/mol. The quantitative estimate of drug-likeness (QED) is 0.939. The molecule has 0 bridgehead atoms. The Morgan fingerprint density at radius 3 is 2.33 bits per heavy atom. The van der Waals surface area contributed by atoms with Gasteiger partial charge in [0.1, 0.15) is 0 Å². The van der Waals surface area contributed by atoms with Crippen molar-refractivity contribution >= 4 is 11.6 Å². The normalized spacial score (nSPS) is 17.7. The minimum atomic E-state index is 0.776. The van der Waals surface area contributed by atoms with E-state index in [1.807, 2.05) is 0 Å². The zero-order valence-electron chi connectivity index (χ0n) is 14.5. The monoisotopic (exact) mass is 327 g/mol. The number of anilines is 2. The van der Waals surface area contributed by atoms with Crippen molar-refractivity contribution in [1.82, 2.24) is 14.9 Å². The molecule has 1 aliphatic heterocycles. The molecule has 3 heterocycles. The van der Waals surface area contributed by atoms with E-state index in [2.05, 4.69) is 51.2 Å². The Hall–Kier alpha value is -2.08. The molecule has 0 atom stereocenters. The predicted molar refractivity (Wildman–Crippen MR) is 94.6 cm³/mol. The summed E-state index contributed by atoms with van der Waals surface area (Å²) in [7, 11) is 0. The van der Waals surface area contributed by atoms with E-state index < -0.39 is 0 Å². The molecule has 1 fully saturated rings. The first kappa shape index (κ1) is 15.4. The summed E-state index contributed by atoms with van der Waals surface area (Å²) in [6.45, 7) is 7.56. The first-order chi connectivity index (χ1) is 11.7. The molecule has 6 nitrogen and oxygen atoms in total. The van der Waals surface area contributed by atoms with Crippen LogP contribution in [-0.2, 0) is 17.6 Å². The molecule has 24 heavy (non-hydrogen) atoms. The van der Waals surface area contributed by atoms with Gasteiger partial charge in [-0.1, -0.05) is 0 Å². The zero-order valence-corrected chi connectivity index (χ0v) is 14.5. The molecule has 0 saturated carbocycles. The number of rotatable bonds is 3. The highest BCUT2D eigenvalue weighted by Gasteiger charge is 2.24. The van der Waals surface area contributed by atoms with Crippen molar-refractivity contribution in [3.63, 3.8) is 0 Å². The maximum absolute atomic E-state index is 5.48. The number of nitrogens with zero attached hydrogens (tertiary/aromatic N) is 4. The average molecular weight is 327 g/mol. The Balaban J connectivity index is 1.71. The third kappa shape index (κ3) is 2.75. The topological polar surface area (TPSA) is 55.2 Å². The standard InChI is InChI=1S/C18H25N5O/c1-13-7-8-14(2)23(13)21-17-15-5-3-4-6-16(15)18(20-19-17)22-9-11-24-12-10-22/h7-8H,3-6,9-12H2,1-2H3,(H,19,21). The van der Waals surface area contributed by atoms with Gasteiger partial charge in [0, 0.05) is 35.6 Å². The number of hydrogen-bond acceptors (Lipinski definition) is 5. The second-order valence-electron chi connectivity index (χ2n) is 6.70. The van der Waals surface area contributed by atoms with E-state index in [1.54, 1.807) is 0 Å². The lowest BCUT2D eigenvalue weighted by Crippen LogP contribution is -2.38. The van der Waals surface area contributed by atoms with Crippen molar-refractivity contribution in [2.75, 3.05) is 36.6 Å². The molecule has 0 unspecified atom stereocenters. The van der Waals surface area contributed by atoms with Gasteiger partial charge in [-0.05, 0) is 51.7 Å². The van der Waals surface area contributed by atoms with Crippen LogP contribution < -0.4 is 10.3 Å². The van der Waals surface area contributed by atoms with Crippen LogP contribution in [0.1, 0.15) is 35.4 Å². The first-order valence-electron chi connectivity index (χ1n) is 8.87. The molecule has 0 amide bonds. The second kappa shape index (κ2) is 6.43. The van der Waals surface area contributed by atoms with Gasteiger partial charge < -0.3 is 9.64 Å². The number of aryl methyl sites for hydroxylation is 2. The molecule has 128 valence electrons. The summed E-state index contributed by atoms with van der Waals surface area (Å²) in [4.78, 5) is 2.33. The van der Waals surface area contributed by atoms with Crippen LogP contribution in [0.2, 0.25) is 0 Å². The van der Waals surface area contributed by atoms with E-state index in [0.29, 0.717) is 0 Å². The summed E-state index contributed by atoms with van der Waals surface area (Å²) >= 11 is 0. The van der Waals surface area contributed by atoms with Crippen LogP contribution >= 0.6 is 0 Å². The molecule has 2 aromatic heterocycles. The fraction of sp³-hybridized carbons (Fsp3) is 0.556. The lowest BCUT2D eigenvalue weighted by atomic mass is 9.92. The van der Waals surface area contributed by atoms with Crippen molar-refractivity contribution < 1.29 is 4.74 Å². The van der Waals surface area contributed by atoms with Crippen molar-refractivity contribution in [2.24, 2.45) is 0 Å². The molecule has 2 aliphatic rings. The van der Waals surface area contributed by atoms with E-state index >= 15 is 0 Å². The minimum absolute atomic E-state index is 0.776. The van der Waals surface area contributed by atoms with Gasteiger partial charge in [0.05, 0.1) is 13.2 Å². The molecular formula is C18H25N5O. The Labute approximate surface area is 142 Å². The summed E-state index contributed by atoms with van der Waals surface area (Å²) in [6, 6.07) is 4.23. The molecule has 1 N–H and O–H groups in total. The largest absolute Gasteiger partial charge is 0.378 e. The first-order valence-corrected chi connectivity index (χ1v) is 8.87. The summed E-state index contributed by atoms with van der Waals surface area (Å²) in [5.74, 6) is 1.98. The number of aromatic nitrogens is 3. The summed E-state index contributed by atoms with van der Waals surface area (Å²) < 4.78 is 7.57. The van der Waals surface area contributed by atoms with Crippen LogP contribution in [-0.4, -0.2) is 41.2 Å². The molecule has 0 aromatic carbocycles. The molecule has 1 saturated heterocycles. The maximum atomic E-state index is 5.48. The highest BCUT2D eigenvalue weighted by molar-refractivity contribution is 5.59. The van der Waals surface area contributed by atoms with Gasteiger partial charge in [0.25, 0.3) is 0 Å². The van der Waals surface area contributed by atoms with Crippen molar-refractivity contribution in [1.29, 1.82) is 0 Å². The Bertz CT molecular complexity index is 714. The van der Waals surface area contributed by atoms with Gasteiger partial charge in [-0.3, -0.25) is 10.1 Å². The SMILES string of the molecule is Cc1ccc(C)n1Nc1nnc(N2CCOCC2)c2c1CCCC2. The smallest absolute Gasteiger partial charge is 0.171 e. The third-order valence-corrected chi connectivity index (χ3v) is 5.07.